The maximum Gasteiger partial charge on any atom is 0.115 e. The van der Waals surface area contributed by atoms with Gasteiger partial charge in [0, 0.05) is 13.3 Å². The molecule has 1 rings (SSSR count). The molecule has 1 aliphatic rings. The van der Waals surface area contributed by atoms with Gasteiger partial charge in [-0.1, -0.05) is 0 Å². The normalized spacial score (nSPS) is 23.0. The van der Waals surface area contributed by atoms with Crippen molar-refractivity contribution in [1.82, 2.24) is 20.9 Å². The molecule has 0 saturated carbocycles. The van der Waals surface area contributed by atoms with E-state index in [0.717, 1.165) is 13.3 Å². The first-order valence-electron chi connectivity index (χ1n) is 3.14. The third-order valence-electron chi connectivity index (χ3n) is 1.36. The fourth-order valence-electron chi connectivity index (χ4n) is 0.838. The van der Waals surface area contributed by atoms with Crippen molar-refractivity contribution in [2.75, 3.05) is 27.4 Å². The molecule has 0 unspecified atom stereocenters. The van der Waals surface area contributed by atoms with Crippen LogP contribution < -0.4 is 16.0 Å². The van der Waals surface area contributed by atoms with Crippen molar-refractivity contribution in [2.45, 2.75) is 6.29 Å². The van der Waals surface area contributed by atoms with Gasteiger partial charge in [0.15, 0.2) is 0 Å². The molecule has 54 valence electrons. The van der Waals surface area contributed by atoms with E-state index in [4.69, 9.17) is 0 Å². The second kappa shape index (κ2) is 3.12. The lowest BCUT2D eigenvalue weighted by Gasteiger charge is -2.30. The van der Waals surface area contributed by atoms with Crippen molar-refractivity contribution in [1.29, 1.82) is 0 Å². The molecule has 0 aromatic rings. The first kappa shape index (κ1) is 6.95. The molecule has 0 atom stereocenters. The van der Waals surface area contributed by atoms with Gasteiger partial charge in [-0.3, -0.25) is 20.9 Å². The van der Waals surface area contributed by atoms with Crippen LogP contribution in [0.5, 0.6) is 0 Å². The summed E-state index contributed by atoms with van der Waals surface area (Å²) in [5.74, 6) is 0. The van der Waals surface area contributed by atoms with Crippen molar-refractivity contribution in [3.8, 4) is 0 Å². The summed E-state index contributed by atoms with van der Waals surface area (Å²) in [7, 11) is 4.08. The van der Waals surface area contributed by atoms with Gasteiger partial charge < -0.3 is 0 Å². The van der Waals surface area contributed by atoms with E-state index in [-0.39, 0.29) is 0 Å². The van der Waals surface area contributed by atoms with Crippen LogP contribution >= 0.6 is 0 Å². The highest BCUT2D eigenvalue weighted by Gasteiger charge is 2.10. The predicted octanol–water partition coefficient (Wildman–Crippen LogP) is -1.47. The lowest BCUT2D eigenvalue weighted by molar-refractivity contribution is 0.168. The zero-order valence-corrected chi connectivity index (χ0v) is 5.94. The topological polar surface area (TPSA) is 39.3 Å². The van der Waals surface area contributed by atoms with Gasteiger partial charge in [0.25, 0.3) is 0 Å². The quantitative estimate of drug-likeness (QED) is 0.405. The summed E-state index contributed by atoms with van der Waals surface area (Å²) in [6.45, 7) is 1.77. The molecule has 0 amide bonds. The number of nitrogens with one attached hydrogen (secondary N) is 3. The summed E-state index contributed by atoms with van der Waals surface area (Å²) >= 11 is 0. The minimum Gasteiger partial charge on any atom is -0.292 e. The third-order valence-corrected chi connectivity index (χ3v) is 1.36. The Hall–Kier alpha value is -0.160. The predicted molar refractivity (Wildman–Crippen MR) is 36.6 cm³/mol. The standard InChI is InChI=1S/C5H14N4/c1-9(2)5-7-3-6-4-8-5/h5-8H,3-4H2,1-2H3. The Kier molecular flexibility index (Phi) is 2.41. The van der Waals surface area contributed by atoms with Gasteiger partial charge >= 0.3 is 0 Å². The summed E-state index contributed by atoms with van der Waals surface area (Å²) in [5.41, 5.74) is 0. The van der Waals surface area contributed by atoms with E-state index in [9.17, 15) is 0 Å². The van der Waals surface area contributed by atoms with Crippen LogP contribution in [0, 0.1) is 0 Å². The number of hydrogen-bond donors (Lipinski definition) is 3. The number of rotatable bonds is 1. The van der Waals surface area contributed by atoms with Gasteiger partial charge in [0.2, 0.25) is 0 Å². The fraction of sp³-hybridized carbons (Fsp3) is 1.00. The summed E-state index contributed by atoms with van der Waals surface area (Å²) < 4.78 is 0. The lowest BCUT2D eigenvalue weighted by atomic mass is 10.6. The minimum absolute atomic E-state index is 0.325. The highest BCUT2D eigenvalue weighted by atomic mass is 15.4. The van der Waals surface area contributed by atoms with E-state index in [1.807, 2.05) is 14.1 Å². The van der Waals surface area contributed by atoms with Crippen LogP contribution in [0.2, 0.25) is 0 Å². The fourth-order valence-corrected chi connectivity index (χ4v) is 0.838. The van der Waals surface area contributed by atoms with Crippen molar-refractivity contribution < 1.29 is 0 Å². The van der Waals surface area contributed by atoms with E-state index >= 15 is 0 Å². The SMILES string of the molecule is CN(C)C1NCNCN1. The molecule has 4 nitrogen and oxygen atoms in total. The average Bonchev–Trinajstić information content (AvgIpc) is 1.90. The Labute approximate surface area is 55.6 Å². The van der Waals surface area contributed by atoms with Gasteiger partial charge in [-0.2, -0.15) is 0 Å². The highest BCUT2D eigenvalue weighted by Crippen LogP contribution is 1.83. The molecule has 1 heterocycles. The summed E-state index contributed by atoms with van der Waals surface area (Å²) in [6.07, 6.45) is 0.325. The lowest BCUT2D eigenvalue weighted by Crippen LogP contribution is -2.61. The van der Waals surface area contributed by atoms with Crippen LogP contribution in [0.4, 0.5) is 0 Å². The molecule has 4 heteroatoms. The Balaban J connectivity index is 2.23. The van der Waals surface area contributed by atoms with Crippen molar-refractivity contribution >= 4 is 0 Å². The molecule has 1 saturated heterocycles. The van der Waals surface area contributed by atoms with Gasteiger partial charge in [-0.05, 0) is 14.1 Å². The Morgan fingerprint density at radius 1 is 1.22 bits per heavy atom. The molecule has 0 radical (unpaired) electrons. The second-order valence-electron chi connectivity index (χ2n) is 2.38. The molecular weight excluding hydrogens is 116 g/mol. The van der Waals surface area contributed by atoms with Crippen molar-refractivity contribution in [3.63, 3.8) is 0 Å². The molecule has 0 spiro atoms. The Bertz CT molecular complexity index is 77.0. The molecule has 1 aliphatic heterocycles. The Morgan fingerprint density at radius 3 is 2.11 bits per heavy atom. The van der Waals surface area contributed by atoms with Gasteiger partial charge in [-0.25, -0.2) is 0 Å². The monoisotopic (exact) mass is 130 g/mol. The largest absolute Gasteiger partial charge is 0.292 e. The third kappa shape index (κ3) is 1.91. The van der Waals surface area contributed by atoms with Crippen LogP contribution in [-0.2, 0) is 0 Å². The van der Waals surface area contributed by atoms with Gasteiger partial charge in [-0.15, -0.1) is 0 Å². The van der Waals surface area contributed by atoms with Crippen LogP contribution in [0.25, 0.3) is 0 Å². The smallest absolute Gasteiger partial charge is 0.115 e. The zero-order valence-electron chi connectivity index (χ0n) is 5.94. The summed E-state index contributed by atoms with van der Waals surface area (Å²) in [5, 5.41) is 9.57. The van der Waals surface area contributed by atoms with Gasteiger partial charge in [0.05, 0.1) is 0 Å². The molecule has 3 N–H and O–H groups in total. The highest BCUT2D eigenvalue weighted by molar-refractivity contribution is 4.63. The van der Waals surface area contributed by atoms with Crippen LogP contribution in [0.15, 0.2) is 0 Å². The van der Waals surface area contributed by atoms with E-state index in [1.54, 1.807) is 0 Å². The zero-order chi connectivity index (χ0) is 6.69. The number of hydrogen-bond acceptors (Lipinski definition) is 4. The molecule has 0 aromatic heterocycles. The maximum atomic E-state index is 3.22. The summed E-state index contributed by atoms with van der Waals surface area (Å²) in [6, 6.07) is 0. The number of nitrogens with zero attached hydrogens (tertiary/aromatic N) is 1. The molecule has 0 bridgehead atoms. The molecule has 9 heavy (non-hydrogen) atoms. The van der Waals surface area contributed by atoms with Gasteiger partial charge in [0.1, 0.15) is 6.29 Å². The molecule has 0 aliphatic carbocycles. The second-order valence-corrected chi connectivity index (χ2v) is 2.38. The first-order valence-corrected chi connectivity index (χ1v) is 3.14. The van der Waals surface area contributed by atoms with E-state index < -0.39 is 0 Å². The Morgan fingerprint density at radius 2 is 1.78 bits per heavy atom. The van der Waals surface area contributed by atoms with E-state index in [0.29, 0.717) is 6.29 Å². The first-order chi connectivity index (χ1) is 4.30. The average molecular weight is 130 g/mol. The van der Waals surface area contributed by atoms with Crippen LogP contribution in [0.3, 0.4) is 0 Å². The molecule has 1 fully saturated rings. The maximum absolute atomic E-state index is 3.22. The van der Waals surface area contributed by atoms with Crippen LogP contribution in [0.1, 0.15) is 0 Å². The minimum atomic E-state index is 0.325. The van der Waals surface area contributed by atoms with Crippen LogP contribution in [-0.4, -0.2) is 38.6 Å². The molecule has 0 aromatic carbocycles. The van der Waals surface area contributed by atoms with Crippen molar-refractivity contribution in [3.05, 3.63) is 0 Å². The van der Waals surface area contributed by atoms with E-state index in [2.05, 4.69) is 20.9 Å². The van der Waals surface area contributed by atoms with E-state index in [1.165, 1.54) is 0 Å². The summed E-state index contributed by atoms with van der Waals surface area (Å²) in [4.78, 5) is 2.10. The molecular formula is C5H14N4. The van der Waals surface area contributed by atoms with Crippen molar-refractivity contribution in [2.24, 2.45) is 0 Å².